The Morgan fingerprint density at radius 1 is 1.70 bits per heavy atom. The van der Waals surface area contributed by atoms with Crippen LogP contribution in [0.5, 0.6) is 0 Å². The molecular formula is C7H11NO2. The first-order valence-electron chi connectivity index (χ1n) is 3.53. The highest BCUT2D eigenvalue weighted by molar-refractivity contribution is 5.01. The summed E-state index contributed by atoms with van der Waals surface area (Å²) in [4.78, 5) is 0. The van der Waals surface area contributed by atoms with E-state index in [4.69, 9.17) is 4.74 Å². The van der Waals surface area contributed by atoms with Gasteiger partial charge in [0.05, 0.1) is 13.2 Å². The topological polar surface area (TPSA) is 41.5 Å². The van der Waals surface area contributed by atoms with Crippen LogP contribution in [0.15, 0.2) is 12.3 Å². The summed E-state index contributed by atoms with van der Waals surface area (Å²) >= 11 is 0. The van der Waals surface area contributed by atoms with Crippen molar-refractivity contribution in [3.05, 3.63) is 12.3 Å². The zero-order valence-electron chi connectivity index (χ0n) is 5.71. The molecule has 0 aromatic rings. The van der Waals surface area contributed by atoms with Gasteiger partial charge in [0, 0.05) is 12.3 Å². The van der Waals surface area contributed by atoms with Gasteiger partial charge in [-0.1, -0.05) is 6.08 Å². The van der Waals surface area contributed by atoms with Crippen molar-refractivity contribution in [3.63, 3.8) is 0 Å². The second-order valence-corrected chi connectivity index (χ2v) is 3.01. The molecule has 1 fully saturated rings. The Morgan fingerprint density at radius 3 is 3.30 bits per heavy atom. The molecule has 2 aliphatic heterocycles. The summed E-state index contributed by atoms with van der Waals surface area (Å²) in [5.74, 6) is 0.403. The molecule has 0 radical (unpaired) electrons. The largest absolute Gasteiger partial charge is 0.376 e. The molecule has 56 valence electrons. The van der Waals surface area contributed by atoms with Crippen LogP contribution in [0, 0.1) is 5.92 Å². The molecule has 2 rings (SSSR count). The van der Waals surface area contributed by atoms with E-state index >= 15 is 0 Å². The van der Waals surface area contributed by atoms with Gasteiger partial charge in [0.1, 0.15) is 0 Å². The van der Waals surface area contributed by atoms with Gasteiger partial charge in [-0.2, -0.15) is 0 Å². The molecule has 2 bridgehead atoms. The van der Waals surface area contributed by atoms with Crippen LogP contribution in [0.4, 0.5) is 0 Å². The maximum Gasteiger partial charge on any atom is 0.159 e. The van der Waals surface area contributed by atoms with Gasteiger partial charge in [-0.05, 0) is 6.20 Å². The molecule has 0 aromatic heterocycles. The number of fused-ring (bicyclic) bond motifs is 2. The lowest BCUT2D eigenvalue weighted by Crippen LogP contribution is -2.53. The van der Waals surface area contributed by atoms with E-state index in [2.05, 4.69) is 5.32 Å². The third-order valence-corrected chi connectivity index (χ3v) is 1.99. The molecule has 2 aliphatic rings. The molecule has 1 saturated heterocycles. The Bertz CT molecular complexity index is 169. The van der Waals surface area contributed by atoms with Crippen LogP contribution in [0.3, 0.4) is 0 Å². The summed E-state index contributed by atoms with van der Waals surface area (Å²) in [6.07, 6.45) is 4.63. The zero-order chi connectivity index (χ0) is 7.03. The van der Waals surface area contributed by atoms with Gasteiger partial charge < -0.3 is 15.2 Å². The van der Waals surface area contributed by atoms with Gasteiger partial charge >= 0.3 is 0 Å². The maximum atomic E-state index is 9.61. The predicted octanol–water partition coefficient (Wildman–Crippen LogP) is -0.172. The third-order valence-electron chi connectivity index (χ3n) is 1.99. The van der Waals surface area contributed by atoms with Gasteiger partial charge in [0.25, 0.3) is 0 Å². The van der Waals surface area contributed by atoms with Crippen molar-refractivity contribution in [2.45, 2.75) is 12.1 Å². The minimum absolute atomic E-state index is 0.403. The van der Waals surface area contributed by atoms with E-state index in [-0.39, 0.29) is 0 Å². The first-order chi connectivity index (χ1) is 4.79. The molecule has 0 amide bonds. The highest BCUT2D eigenvalue weighted by Gasteiger charge is 2.35. The molecular weight excluding hydrogens is 130 g/mol. The lowest BCUT2D eigenvalue weighted by atomic mass is 9.93. The highest BCUT2D eigenvalue weighted by Crippen LogP contribution is 2.25. The fourth-order valence-corrected chi connectivity index (χ4v) is 1.49. The molecule has 3 heteroatoms. The van der Waals surface area contributed by atoms with Crippen molar-refractivity contribution in [2.24, 2.45) is 5.92 Å². The van der Waals surface area contributed by atoms with Gasteiger partial charge in [-0.3, -0.25) is 0 Å². The second-order valence-electron chi connectivity index (χ2n) is 3.01. The summed E-state index contributed by atoms with van der Waals surface area (Å²) in [6.45, 7) is 1.16. The zero-order valence-corrected chi connectivity index (χ0v) is 5.71. The fourth-order valence-electron chi connectivity index (χ4n) is 1.49. The quantitative estimate of drug-likeness (QED) is 0.492. The molecule has 2 N–H and O–H groups in total. The molecule has 0 aliphatic carbocycles. The van der Waals surface area contributed by atoms with Crippen molar-refractivity contribution < 1.29 is 9.84 Å². The Balaban J connectivity index is 2.18. The Labute approximate surface area is 59.7 Å². The van der Waals surface area contributed by atoms with E-state index < -0.39 is 5.72 Å². The van der Waals surface area contributed by atoms with Gasteiger partial charge in [0.15, 0.2) is 5.72 Å². The van der Waals surface area contributed by atoms with Gasteiger partial charge in [-0.15, -0.1) is 0 Å². The molecule has 0 spiro atoms. The van der Waals surface area contributed by atoms with E-state index in [9.17, 15) is 5.11 Å². The van der Waals surface area contributed by atoms with Crippen LogP contribution < -0.4 is 5.32 Å². The smallest absolute Gasteiger partial charge is 0.159 e. The predicted molar refractivity (Wildman–Crippen MR) is 36.2 cm³/mol. The number of rotatable bonds is 0. The minimum Gasteiger partial charge on any atom is -0.376 e. The monoisotopic (exact) mass is 141 g/mol. The molecule has 0 saturated carbocycles. The van der Waals surface area contributed by atoms with Crippen molar-refractivity contribution in [2.75, 3.05) is 13.2 Å². The first-order valence-corrected chi connectivity index (χ1v) is 3.53. The highest BCUT2D eigenvalue weighted by atomic mass is 16.5. The SMILES string of the molecule is OC12COCC(C=CN1)C2. The lowest BCUT2D eigenvalue weighted by Gasteiger charge is -2.38. The van der Waals surface area contributed by atoms with Crippen LogP contribution in [0.25, 0.3) is 0 Å². The van der Waals surface area contributed by atoms with Crippen LogP contribution in [0.2, 0.25) is 0 Å². The summed E-state index contributed by atoms with van der Waals surface area (Å²) < 4.78 is 5.18. The van der Waals surface area contributed by atoms with Gasteiger partial charge in [-0.25, -0.2) is 0 Å². The van der Waals surface area contributed by atoms with Crippen LogP contribution in [0.1, 0.15) is 6.42 Å². The summed E-state index contributed by atoms with van der Waals surface area (Å²) in [6, 6.07) is 0. The normalized spacial score (nSPS) is 44.7. The third kappa shape index (κ3) is 0.914. The summed E-state index contributed by atoms with van der Waals surface area (Å²) in [7, 11) is 0. The number of hydrogen-bond acceptors (Lipinski definition) is 3. The van der Waals surface area contributed by atoms with Crippen LogP contribution in [-0.4, -0.2) is 24.0 Å². The van der Waals surface area contributed by atoms with Crippen LogP contribution >= 0.6 is 0 Å². The average molecular weight is 141 g/mol. The first kappa shape index (κ1) is 6.19. The number of hydrogen-bond donors (Lipinski definition) is 2. The second kappa shape index (κ2) is 1.97. The Kier molecular flexibility index (Phi) is 1.22. The van der Waals surface area contributed by atoms with E-state index in [1.54, 1.807) is 0 Å². The molecule has 10 heavy (non-hydrogen) atoms. The maximum absolute atomic E-state index is 9.61. The Morgan fingerprint density at radius 2 is 2.60 bits per heavy atom. The molecule has 2 unspecified atom stereocenters. The lowest BCUT2D eigenvalue weighted by molar-refractivity contribution is -0.118. The number of ether oxygens (including phenoxy) is 1. The average Bonchev–Trinajstić information content (AvgIpc) is 1.86. The molecule has 3 nitrogen and oxygen atoms in total. The Hall–Kier alpha value is -0.540. The van der Waals surface area contributed by atoms with E-state index in [0.29, 0.717) is 12.5 Å². The van der Waals surface area contributed by atoms with E-state index in [1.807, 2.05) is 12.3 Å². The van der Waals surface area contributed by atoms with E-state index in [1.165, 1.54) is 0 Å². The minimum atomic E-state index is -0.780. The van der Waals surface area contributed by atoms with Crippen LogP contribution in [-0.2, 0) is 4.74 Å². The van der Waals surface area contributed by atoms with Gasteiger partial charge in [0.2, 0.25) is 0 Å². The van der Waals surface area contributed by atoms with Crippen molar-refractivity contribution in [3.8, 4) is 0 Å². The van der Waals surface area contributed by atoms with E-state index in [0.717, 1.165) is 13.0 Å². The van der Waals surface area contributed by atoms with Crippen molar-refractivity contribution >= 4 is 0 Å². The van der Waals surface area contributed by atoms with Crippen molar-refractivity contribution in [1.82, 2.24) is 5.32 Å². The number of nitrogens with one attached hydrogen (secondary N) is 1. The molecule has 2 heterocycles. The molecule has 2 atom stereocenters. The van der Waals surface area contributed by atoms with Crippen molar-refractivity contribution in [1.29, 1.82) is 0 Å². The summed E-state index contributed by atoms with van der Waals surface area (Å²) in [5, 5.41) is 12.5. The molecule has 0 aromatic carbocycles. The standard InChI is InChI=1S/C7H11NO2/c9-7-3-6(1-2-8-7)4-10-5-7/h1-2,6,8-9H,3-5H2. The number of aliphatic hydroxyl groups is 1. The summed E-state index contributed by atoms with van der Waals surface area (Å²) in [5.41, 5.74) is -0.780. The fraction of sp³-hybridized carbons (Fsp3) is 0.714.